The molecule has 18 heavy (non-hydrogen) atoms. The van der Waals surface area contributed by atoms with Crippen molar-refractivity contribution in [1.82, 2.24) is 0 Å². The smallest absolute Gasteiger partial charge is 0.264 e. The number of primary amides is 1. The first-order valence-electron chi connectivity index (χ1n) is 5.45. The van der Waals surface area contributed by atoms with E-state index in [0.717, 1.165) is 25.7 Å². The molecule has 2 atom stereocenters. The summed E-state index contributed by atoms with van der Waals surface area (Å²) in [5, 5.41) is 0. The molecule has 0 saturated heterocycles. The van der Waals surface area contributed by atoms with Gasteiger partial charge in [0.1, 0.15) is 5.88 Å². The van der Waals surface area contributed by atoms with Crippen molar-refractivity contribution < 1.29 is 24.7 Å². The van der Waals surface area contributed by atoms with Gasteiger partial charge >= 0.3 is 0 Å². The maximum absolute atomic E-state index is 11.2. The lowest BCUT2D eigenvalue weighted by Crippen LogP contribution is -2.21. The third-order valence-corrected chi connectivity index (χ3v) is 3.28. The monoisotopic (exact) mass is 277 g/mol. The number of fused-ring (bicyclic) bond motifs is 1. The van der Waals surface area contributed by atoms with Gasteiger partial charge in [-0.15, -0.1) is 11.6 Å². The van der Waals surface area contributed by atoms with E-state index in [-0.39, 0.29) is 23.2 Å². The molecule has 0 aromatic carbocycles. The number of rotatable bonds is 1. The predicted octanol–water partition coefficient (Wildman–Crippen LogP) is -0.601. The highest BCUT2D eigenvalue weighted by molar-refractivity contribution is 6.68. The van der Waals surface area contributed by atoms with Crippen molar-refractivity contribution in [3.05, 3.63) is 0 Å². The van der Waals surface area contributed by atoms with Crippen molar-refractivity contribution >= 4 is 34.9 Å². The fourth-order valence-electron chi connectivity index (χ4n) is 2.22. The van der Waals surface area contributed by atoms with Crippen LogP contribution in [0.25, 0.3) is 0 Å². The van der Waals surface area contributed by atoms with E-state index < -0.39 is 23.3 Å². The summed E-state index contributed by atoms with van der Waals surface area (Å²) in [6.45, 7) is 0. The number of amides is 1. The summed E-state index contributed by atoms with van der Waals surface area (Å²) < 4.78 is 0. The van der Waals surface area contributed by atoms with E-state index in [1.807, 2.05) is 0 Å². The van der Waals surface area contributed by atoms with Crippen LogP contribution in [0.4, 0.5) is 0 Å². The van der Waals surface area contributed by atoms with Gasteiger partial charge in [0, 0.05) is 11.8 Å². The molecule has 0 bridgehead atoms. The molecule has 2 saturated carbocycles. The minimum Gasteiger partial charge on any atom is -0.412 e. The largest absolute Gasteiger partial charge is 0.412 e. The van der Waals surface area contributed by atoms with E-state index in [1.165, 1.54) is 0 Å². The predicted molar refractivity (Wildman–Crippen MR) is 64.0 cm³/mol. The first kappa shape index (κ1) is 16.7. The highest BCUT2D eigenvalue weighted by atomic mass is 35.5. The lowest BCUT2D eigenvalue weighted by molar-refractivity contribution is -0.141. The second-order valence-electron chi connectivity index (χ2n) is 4.16. The SMILES string of the molecule is NC(=O)CCl.O.O=C1C(=O)C2CCCCC2C1=O. The van der Waals surface area contributed by atoms with Crippen molar-refractivity contribution in [3.63, 3.8) is 0 Å². The second-order valence-corrected chi connectivity index (χ2v) is 4.42. The fraction of sp³-hybridized carbons (Fsp3) is 0.636. The highest BCUT2D eigenvalue weighted by Crippen LogP contribution is 2.36. The van der Waals surface area contributed by atoms with E-state index in [1.54, 1.807) is 0 Å². The van der Waals surface area contributed by atoms with Crippen LogP contribution in [0.3, 0.4) is 0 Å². The van der Waals surface area contributed by atoms with Crippen molar-refractivity contribution in [2.75, 3.05) is 5.88 Å². The molecule has 0 heterocycles. The zero-order valence-corrected chi connectivity index (χ0v) is 10.5. The van der Waals surface area contributed by atoms with Gasteiger partial charge in [0.25, 0.3) is 5.78 Å². The molecule has 2 aliphatic carbocycles. The summed E-state index contributed by atoms with van der Waals surface area (Å²) in [5.41, 5.74) is 4.52. The van der Waals surface area contributed by atoms with Crippen LogP contribution in [0.5, 0.6) is 0 Å². The minimum atomic E-state index is -0.744. The lowest BCUT2D eigenvalue weighted by atomic mass is 9.81. The third-order valence-electron chi connectivity index (χ3n) is 3.02. The average Bonchev–Trinajstić information content (AvgIpc) is 2.56. The maximum atomic E-state index is 11.2. The van der Waals surface area contributed by atoms with Crippen LogP contribution >= 0.6 is 11.6 Å². The average molecular weight is 278 g/mol. The van der Waals surface area contributed by atoms with E-state index in [9.17, 15) is 19.2 Å². The van der Waals surface area contributed by atoms with E-state index in [0.29, 0.717) is 0 Å². The zero-order chi connectivity index (χ0) is 13.0. The quantitative estimate of drug-likeness (QED) is 0.507. The minimum absolute atomic E-state index is 0. The molecule has 1 amide bonds. The Morgan fingerprint density at radius 3 is 1.72 bits per heavy atom. The Morgan fingerprint density at radius 1 is 1.11 bits per heavy atom. The molecule has 7 heteroatoms. The van der Waals surface area contributed by atoms with Gasteiger partial charge in [-0.05, 0) is 12.8 Å². The molecule has 102 valence electrons. The standard InChI is InChI=1S/C9H10O3.C2H4ClNO.H2O/c10-7-5-3-1-2-4-6(5)8(11)9(7)12;3-1-2(4)5;/h5-6H,1-4H2;1H2,(H2,4,5);1H2. The lowest BCUT2D eigenvalue weighted by Gasteiger charge is -2.20. The van der Waals surface area contributed by atoms with Crippen molar-refractivity contribution in [2.24, 2.45) is 17.6 Å². The molecule has 2 rings (SSSR count). The number of carbonyl (C=O) groups excluding carboxylic acids is 4. The molecule has 0 aromatic rings. The van der Waals surface area contributed by atoms with Crippen LogP contribution < -0.4 is 5.73 Å². The molecule has 0 aliphatic heterocycles. The summed E-state index contributed by atoms with van der Waals surface area (Å²) in [6, 6.07) is 0. The Kier molecular flexibility index (Phi) is 6.72. The Labute approximate surface area is 109 Å². The van der Waals surface area contributed by atoms with Gasteiger partial charge in [0.15, 0.2) is 0 Å². The molecule has 0 aromatic heterocycles. The van der Waals surface area contributed by atoms with Crippen LogP contribution in [0.1, 0.15) is 25.7 Å². The Morgan fingerprint density at radius 2 is 1.44 bits per heavy atom. The van der Waals surface area contributed by atoms with E-state index in [2.05, 4.69) is 5.73 Å². The Hall–Kier alpha value is -1.27. The molecular formula is C11H16ClNO5. The van der Waals surface area contributed by atoms with Gasteiger partial charge in [-0.3, -0.25) is 19.2 Å². The van der Waals surface area contributed by atoms with Crippen molar-refractivity contribution in [1.29, 1.82) is 0 Å². The number of ketones is 3. The molecule has 0 spiro atoms. The number of hydrogen-bond acceptors (Lipinski definition) is 4. The number of alkyl halides is 1. The summed E-state index contributed by atoms with van der Waals surface area (Å²) in [6.07, 6.45) is 3.43. The van der Waals surface area contributed by atoms with Crippen LogP contribution in [0.15, 0.2) is 0 Å². The van der Waals surface area contributed by atoms with Gasteiger partial charge in [-0.1, -0.05) is 12.8 Å². The number of halogens is 1. The third kappa shape index (κ3) is 3.61. The summed E-state index contributed by atoms with van der Waals surface area (Å²) >= 11 is 4.86. The van der Waals surface area contributed by atoms with Crippen LogP contribution in [-0.2, 0) is 19.2 Å². The van der Waals surface area contributed by atoms with Gasteiger partial charge in [0.05, 0.1) is 0 Å². The first-order chi connectivity index (χ1) is 7.99. The molecule has 2 fully saturated rings. The van der Waals surface area contributed by atoms with Gasteiger partial charge < -0.3 is 11.2 Å². The molecule has 0 radical (unpaired) electrons. The molecule has 6 nitrogen and oxygen atoms in total. The molecular weight excluding hydrogens is 262 g/mol. The molecule has 2 aliphatic rings. The van der Waals surface area contributed by atoms with Gasteiger partial charge in [-0.2, -0.15) is 0 Å². The summed E-state index contributed by atoms with van der Waals surface area (Å²) in [7, 11) is 0. The van der Waals surface area contributed by atoms with E-state index in [4.69, 9.17) is 11.6 Å². The van der Waals surface area contributed by atoms with Crippen LogP contribution in [-0.4, -0.2) is 34.6 Å². The van der Waals surface area contributed by atoms with Gasteiger partial charge in [-0.25, -0.2) is 0 Å². The van der Waals surface area contributed by atoms with Crippen molar-refractivity contribution in [3.8, 4) is 0 Å². The second kappa shape index (κ2) is 7.23. The van der Waals surface area contributed by atoms with E-state index >= 15 is 0 Å². The Balaban J connectivity index is 0.000000421. The number of hydrogen-bond donors (Lipinski definition) is 1. The zero-order valence-electron chi connectivity index (χ0n) is 9.78. The molecule has 4 N–H and O–H groups in total. The first-order valence-corrected chi connectivity index (χ1v) is 5.99. The van der Waals surface area contributed by atoms with Gasteiger partial charge in [0.2, 0.25) is 17.5 Å². The maximum Gasteiger partial charge on any atom is 0.264 e. The summed E-state index contributed by atoms with van der Waals surface area (Å²) in [5.74, 6) is -2.66. The summed E-state index contributed by atoms with van der Waals surface area (Å²) in [4.78, 5) is 42.8. The molecule has 2 unspecified atom stereocenters. The Bertz CT molecular complexity index is 342. The topological polar surface area (TPSA) is 126 Å². The fourth-order valence-corrected chi connectivity index (χ4v) is 2.22. The number of Topliss-reactive ketones (excluding diaryl/α,β-unsaturated/α-hetero) is 3. The van der Waals surface area contributed by atoms with Crippen LogP contribution in [0, 0.1) is 11.8 Å². The highest BCUT2D eigenvalue weighted by Gasteiger charge is 2.48. The number of nitrogens with two attached hydrogens (primary N) is 1. The van der Waals surface area contributed by atoms with Crippen molar-refractivity contribution in [2.45, 2.75) is 25.7 Å². The normalized spacial score (nSPS) is 25.7. The number of carbonyl (C=O) groups is 4. The van der Waals surface area contributed by atoms with Crippen LogP contribution in [0.2, 0.25) is 0 Å².